The Morgan fingerprint density at radius 1 is 1.17 bits per heavy atom. The Labute approximate surface area is 141 Å². The normalized spacial score (nSPS) is 11.5. The third kappa shape index (κ3) is 4.45. The zero-order valence-electron chi connectivity index (χ0n) is 12.4. The molecule has 0 amide bonds. The van der Waals surface area contributed by atoms with Crippen LogP contribution in [0.5, 0.6) is 0 Å². The van der Waals surface area contributed by atoms with Crippen molar-refractivity contribution in [3.05, 3.63) is 53.6 Å². The average molecular weight is 373 g/mol. The van der Waals surface area contributed by atoms with Gasteiger partial charge in [-0.1, -0.05) is 17.8 Å². The smallest absolute Gasteiger partial charge is 0.335 e. The fraction of sp³-hybridized carbons (Fsp3) is 0.133. The van der Waals surface area contributed by atoms with Gasteiger partial charge < -0.3 is 5.11 Å². The first-order valence-electron chi connectivity index (χ1n) is 6.60. The number of aromatic carboxylic acids is 1. The number of benzene rings is 2. The minimum absolute atomic E-state index is 0.110. The zero-order valence-corrected chi connectivity index (χ0v) is 14.0. The Balaban J connectivity index is 2.25. The molecule has 0 aliphatic carbocycles. The maximum absolute atomic E-state index is 12.3. The number of alkyl halides is 2. The van der Waals surface area contributed by atoms with Crippen LogP contribution in [0.25, 0.3) is 0 Å². The SMILES string of the molecule is Cc1ccc(S(=O)(=O)Nc2ccc(SC(F)F)cc2)cc1C(=O)O. The summed E-state index contributed by atoms with van der Waals surface area (Å²) in [6, 6.07) is 9.22. The van der Waals surface area contributed by atoms with E-state index in [9.17, 15) is 22.0 Å². The van der Waals surface area contributed by atoms with Crippen molar-refractivity contribution in [1.29, 1.82) is 0 Å². The van der Waals surface area contributed by atoms with Crippen molar-refractivity contribution in [2.24, 2.45) is 0 Å². The van der Waals surface area contributed by atoms with Gasteiger partial charge in [0.15, 0.2) is 0 Å². The van der Waals surface area contributed by atoms with Crippen LogP contribution in [0.3, 0.4) is 0 Å². The van der Waals surface area contributed by atoms with Crippen LogP contribution in [0.2, 0.25) is 0 Å². The molecule has 2 aromatic rings. The summed E-state index contributed by atoms with van der Waals surface area (Å²) in [5.74, 6) is -3.78. The highest BCUT2D eigenvalue weighted by Crippen LogP contribution is 2.27. The van der Waals surface area contributed by atoms with Crippen LogP contribution in [0.15, 0.2) is 52.3 Å². The number of carboxylic acid groups (broad SMARTS) is 1. The van der Waals surface area contributed by atoms with Gasteiger partial charge in [0.25, 0.3) is 15.8 Å². The maximum Gasteiger partial charge on any atom is 0.335 e. The van der Waals surface area contributed by atoms with Gasteiger partial charge in [0, 0.05) is 10.6 Å². The van der Waals surface area contributed by atoms with Gasteiger partial charge in [-0.15, -0.1) is 0 Å². The third-order valence-corrected chi connectivity index (χ3v) is 5.18. The first-order valence-corrected chi connectivity index (χ1v) is 8.97. The lowest BCUT2D eigenvalue weighted by Gasteiger charge is -2.10. The number of rotatable bonds is 6. The first-order chi connectivity index (χ1) is 11.2. The summed E-state index contributed by atoms with van der Waals surface area (Å²) in [5, 5.41) is 9.07. The number of hydrogen-bond donors (Lipinski definition) is 2. The predicted molar refractivity (Wildman–Crippen MR) is 87.2 cm³/mol. The molecule has 0 saturated carbocycles. The molecule has 0 fully saturated rings. The number of anilines is 1. The number of carbonyl (C=O) groups is 1. The zero-order chi connectivity index (χ0) is 17.9. The Bertz CT molecular complexity index is 852. The highest BCUT2D eigenvalue weighted by Gasteiger charge is 2.18. The first kappa shape index (κ1) is 18.2. The molecule has 2 N–H and O–H groups in total. The number of carboxylic acids is 1. The van der Waals surface area contributed by atoms with Gasteiger partial charge in [-0.05, 0) is 48.9 Å². The summed E-state index contributed by atoms with van der Waals surface area (Å²) in [6.45, 7) is 1.56. The molecule has 0 saturated heterocycles. The summed E-state index contributed by atoms with van der Waals surface area (Å²) >= 11 is 0.352. The van der Waals surface area contributed by atoms with Gasteiger partial charge >= 0.3 is 5.97 Å². The second-order valence-corrected chi connectivity index (χ2v) is 7.54. The molecule has 5 nitrogen and oxygen atoms in total. The minimum Gasteiger partial charge on any atom is -0.478 e. The molecular weight excluding hydrogens is 360 g/mol. The Kier molecular flexibility index (Phi) is 5.45. The van der Waals surface area contributed by atoms with E-state index in [1.807, 2.05) is 0 Å². The highest BCUT2D eigenvalue weighted by atomic mass is 32.2. The van der Waals surface area contributed by atoms with Gasteiger partial charge in [0.2, 0.25) is 0 Å². The molecule has 2 rings (SSSR count). The van der Waals surface area contributed by atoms with Crippen LogP contribution in [0.1, 0.15) is 15.9 Å². The molecule has 9 heteroatoms. The van der Waals surface area contributed by atoms with Crippen molar-refractivity contribution in [2.75, 3.05) is 4.72 Å². The van der Waals surface area contributed by atoms with Crippen LogP contribution in [0.4, 0.5) is 14.5 Å². The summed E-state index contributed by atoms with van der Waals surface area (Å²) in [6.07, 6.45) is 0. The van der Waals surface area contributed by atoms with Crippen molar-refractivity contribution in [3.8, 4) is 0 Å². The average Bonchev–Trinajstić information content (AvgIpc) is 2.48. The topological polar surface area (TPSA) is 83.5 Å². The molecule has 0 bridgehead atoms. The molecule has 0 unspecified atom stereocenters. The van der Waals surface area contributed by atoms with Crippen LogP contribution in [-0.2, 0) is 10.0 Å². The second-order valence-electron chi connectivity index (χ2n) is 4.79. The highest BCUT2D eigenvalue weighted by molar-refractivity contribution is 7.99. The van der Waals surface area contributed by atoms with Gasteiger partial charge in [0.05, 0.1) is 10.5 Å². The second kappa shape index (κ2) is 7.18. The fourth-order valence-electron chi connectivity index (χ4n) is 1.92. The quantitative estimate of drug-likeness (QED) is 0.753. The van der Waals surface area contributed by atoms with Crippen LogP contribution >= 0.6 is 11.8 Å². The van der Waals surface area contributed by atoms with E-state index in [1.54, 1.807) is 6.92 Å². The van der Waals surface area contributed by atoms with E-state index in [0.717, 1.165) is 6.07 Å². The van der Waals surface area contributed by atoms with Crippen molar-refractivity contribution < 1.29 is 27.1 Å². The molecule has 0 spiro atoms. The minimum atomic E-state index is -3.99. The predicted octanol–water partition coefficient (Wildman–Crippen LogP) is 3.81. The lowest BCUT2D eigenvalue weighted by atomic mass is 10.1. The van der Waals surface area contributed by atoms with E-state index in [0.29, 0.717) is 22.2 Å². The Morgan fingerprint density at radius 2 is 1.79 bits per heavy atom. The lowest BCUT2D eigenvalue weighted by Crippen LogP contribution is -2.14. The van der Waals surface area contributed by atoms with Crippen molar-refractivity contribution in [1.82, 2.24) is 0 Å². The molecule has 0 aliphatic rings. The number of hydrogen-bond acceptors (Lipinski definition) is 4. The van der Waals surface area contributed by atoms with E-state index < -0.39 is 21.8 Å². The summed E-state index contributed by atoms with van der Waals surface area (Å²) in [7, 11) is -3.99. The summed E-state index contributed by atoms with van der Waals surface area (Å²) in [4.78, 5) is 11.2. The van der Waals surface area contributed by atoms with E-state index >= 15 is 0 Å². The van der Waals surface area contributed by atoms with Gasteiger partial charge in [-0.3, -0.25) is 4.72 Å². The Morgan fingerprint density at radius 3 is 2.33 bits per heavy atom. The monoisotopic (exact) mass is 373 g/mol. The van der Waals surface area contributed by atoms with Gasteiger partial charge in [-0.25, -0.2) is 13.2 Å². The largest absolute Gasteiger partial charge is 0.478 e. The maximum atomic E-state index is 12.3. The van der Waals surface area contributed by atoms with Crippen molar-refractivity contribution >= 4 is 33.4 Å². The van der Waals surface area contributed by atoms with E-state index in [1.165, 1.54) is 36.4 Å². The third-order valence-electron chi connectivity index (χ3n) is 3.08. The number of halogens is 2. The number of sulfonamides is 1. The number of nitrogens with one attached hydrogen (secondary N) is 1. The van der Waals surface area contributed by atoms with E-state index in [2.05, 4.69) is 4.72 Å². The molecule has 0 radical (unpaired) electrons. The van der Waals surface area contributed by atoms with Gasteiger partial charge in [0.1, 0.15) is 0 Å². The molecule has 0 atom stereocenters. The fourth-order valence-corrected chi connectivity index (χ4v) is 3.50. The molecule has 0 aromatic heterocycles. The van der Waals surface area contributed by atoms with E-state index in [4.69, 9.17) is 5.11 Å². The van der Waals surface area contributed by atoms with Crippen LogP contribution in [-0.4, -0.2) is 25.3 Å². The summed E-state index contributed by atoms with van der Waals surface area (Å²) < 4.78 is 51.4. The molecule has 24 heavy (non-hydrogen) atoms. The van der Waals surface area contributed by atoms with Crippen molar-refractivity contribution in [3.63, 3.8) is 0 Å². The standard InChI is InChI=1S/C15H13F2NO4S2/c1-9-2-7-12(8-13(9)14(19)20)24(21,22)18-10-3-5-11(6-4-10)23-15(16)17/h2-8,15,18H,1H3,(H,19,20). The summed E-state index contributed by atoms with van der Waals surface area (Å²) in [5.41, 5.74) is 0.516. The number of aryl methyl sites for hydroxylation is 1. The van der Waals surface area contributed by atoms with Crippen LogP contribution in [0, 0.1) is 6.92 Å². The molecule has 0 heterocycles. The van der Waals surface area contributed by atoms with Gasteiger partial charge in [-0.2, -0.15) is 8.78 Å². The Hall–Kier alpha value is -2.13. The number of thioether (sulfide) groups is 1. The molecule has 128 valence electrons. The van der Waals surface area contributed by atoms with Crippen LogP contribution < -0.4 is 4.72 Å². The molecule has 0 aliphatic heterocycles. The molecule has 2 aromatic carbocycles. The molecular formula is C15H13F2NO4S2. The lowest BCUT2D eigenvalue weighted by molar-refractivity contribution is 0.0696. The van der Waals surface area contributed by atoms with E-state index in [-0.39, 0.29) is 16.1 Å². The van der Waals surface area contributed by atoms with Crippen molar-refractivity contribution in [2.45, 2.75) is 22.5 Å².